The minimum absolute atomic E-state index is 0.171. The first kappa shape index (κ1) is 8.32. The van der Waals surface area contributed by atoms with Gasteiger partial charge in [-0.2, -0.15) is 4.98 Å². The van der Waals surface area contributed by atoms with Crippen LogP contribution in [0.15, 0.2) is 11.1 Å². The zero-order chi connectivity index (χ0) is 9.14. The standard InChI is InChI=1S/C7H7N3O2/c1-5-6(2-11)10(3-8)4-9-7(5)12/h2-4,8H,1H3. The molecule has 1 N–H and O–H groups in total. The van der Waals surface area contributed by atoms with Crippen LogP contribution in [-0.2, 0) is 0 Å². The fraction of sp³-hybridized carbons (Fsp3) is 0.143. The molecule has 62 valence electrons. The molecule has 0 radical (unpaired) electrons. The zero-order valence-corrected chi connectivity index (χ0v) is 6.44. The molecule has 5 heteroatoms. The van der Waals surface area contributed by atoms with Crippen LogP contribution in [0.4, 0.5) is 0 Å². The van der Waals surface area contributed by atoms with Crippen molar-refractivity contribution in [2.75, 3.05) is 0 Å². The Balaban J connectivity index is 3.56. The van der Waals surface area contributed by atoms with Crippen molar-refractivity contribution in [1.29, 1.82) is 5.41 Å². The van der Waals surface area contributed by atoms with Gasteiger partial charge in [-0.15, -0.1) is 0 Å². The van der Waals surface area contributed by atoms with Crippen LogP contribution in [0, 0.1) is 12.3 Å². The van der Waals surface area contributed by atoms with Crippen LogP contribution < -0.4 is 5.56 Å². The topological polar surface area (TPSA) is 75.8 Å². The SMILES string of the molecule is Cc1c(C=O)n(C=N)cnc1=O. The molecule has 0 fully saturated rings. The minimum Gasteiger partial charge on any atom is -0.296 e. The molecule has 0 saturated heterocycles. The van der Waals surface area contributed by atoms with Gasteiger partial charge in [-0.05, 0) is 6.92 Å². The Morgan fingerprint density at radius 2 is 2.33 bits per heavy atom. The minimum atomic E-state index is -0.435. The van der Waals surface area contributed by atoms with E-state index in [-0.39, 0.29) is 11.3 Å². The summed E-state index contributed by atoms with van der Waals surface area (Å²) in [4.78, 5) is 24.8. The number of carbonyl (C=O) groups is 1. The van der Waals surface area contributed by atoms with Crippen LogP contribution in [0.25, 0.3) is 0 Å². The molecule has 1 aromatic heterocycles. The Morgan fingerprint density at radius 3 is 2.83 bits per heavy atom. The van der Waals surface area contributed by atoms with Gasteiger partial charge in [-0.25, -0.2) is 0 Å². The van der Waals surface area contributed by atoms with E-state index in [1.165, 1.54) is 11.5 Å². The molecular weight excluding hydrogens is 158 g/mol. The lowest BCUT2D eigenvalue weighted by Gasteiger charge is -2.02. The Labute approximate surface area is 68.2 Å². The fourth-order valence-electron chi connectivity index (χ4n) is 0.829. The highest BCUT2D eigenvalue weighted by Gasteiger charge is 2.04. The maximum absolute atomic E-state index is 10.9. The second-order valence-electron chi connectivity index (χ2n) is 2.21. The van der Waals surface area contributed by atoms with E-state index in [0.29, 0.717) is 6.29 Å². The zero-order valence-electron chi connectivity index (χ0n) is 6.44. The molecule has 1 heterocycles. The first-order valence-corrected chi connectivity index (χ1v) is 3.24. The summed E-state index contributed by atoms with van der Waals surface area (Å²) in [5.74, 6) is 0. The molecule has 1 aromatic rings. The summed E-state index contributed by atoms with van der Waals surface area (Å²) in [6.07, 6.45) is 2.60. The third-order valence-corrected chi connectivity index (χ3v) is 1.53. The molecule has 0 unspecified atom stereocenters. The summed E-state index contributed by atoms with van der Waals surface area (Å²) in [5.41, 5.74) is -0.00352. The summed E-state index contributed by atoms with van der Waals surface area (Å²) in [6, 6.07) is 0. The summed E-state index contributed by atoms with van der Waals surface area (Å²) >= 11 is 0. The van der Waals surface area contributed by atoms with Gasteiger partial charge in [0.2, 0.25) is 0 Å². The van der Waals surface area contributed by atoms with E-state index in [0.717, 1.165) is 12.7 Å². The highest BCUT2D eigenvalue weighted by atomic mass is 16.1. The average Bonchev–Trinajstić information content (AvgIpc) is 2.09. The van der Waals surface area contributed by atoms with E-state index in [2.05, 4.69) is 4.98 Å². The first-order chi connectivity index (χ1) is 5.70. The van der Waals surface area contributed by atoms with Crippen LogP contribution in [0.3, 0.4) is 0 Å². The second-order valence-corrected chi connectivity index (χ2v) is 2.21. The second kappa shape index (κ2) is 3.08. The molecule has 0 bridgehead atoms. The largest absolute Gasteiger partial charge is 0.296 e. The predicted octanol–water partition coefficient (Wildman–Crippen LogP) is -0.181. The van der Waals surface area contributed by atoms with Crippen LogP contribution in [0.1, 0.15) is 16.1 Å². The Morgan fingerprint density at radius 1 is 1.67 bits per heavy atom. The molecule has 0 aromatic carbocycles. The summed E-state index contributed by atoms with van der Waals surface area (Å²) in [5, 5.41) is 6.89. The van der Waals surface area contributed by atoms with Crippen molar-refractivity contribution in [1.82, 2.24) is 9.55 Å². The summed E-state index contributed by atoms with van der Waals surface area (Å²) < 4.78 is 1.18. The lowest BCUT2D eigenvalue weighted by atomic mass is 10.2. The lowest BCUT2D eigenvalue weighted by Crippen LogP contribution is -2.18. The lowest BCUT2D eigenvalue weighted by molar-refractivity contribution is 0.111. The van der Waals surface area contributed by atoms with Crippen molar-refractivity contribution >= 4 is 12.6 Å². The van der Waals surface area contributed by atoms with Gasteiger partial charge < -0.3 is 0 Å². The van der Waals surface area contributed by atoms with E-state index < -0.39 is 5.56 Å². The number of nitrogens with one attached hydrogen (secondary N) is 1. The van der Waals surface area contributed by atoms with Crippen molar-refractivity contribution in [3.8, 4) is 0 Å². The number of hydrogen-bond donors (Lipinski definition) is 1. The molecule has 0 aliphatic carbocycles. The van der Waals surface area contributed by atoms with Gasteiger partial charge in [-0.3, -0.25) is 19.6 Å². The Kier molecular flexibility index (Phi) is 2.14. The van der Waals surface area contributed by atoms with E-state index >= 15 is 0 Å². The van der Waals surface area contributed by atoms with Crippen molar-refractivity contribution in [3.05, 3.63) is 27.9 Å². The third-order valence-electron chi connectivity index (χ3n) is 1.53. The molecular formula is C7H7N3O2. The summed E-state index contributed by atoms with van der Waals surface area (Å²) in [7, 11) is 0. The van der Waals surface area contributed by atoms with Crippen molar-refractivity contribution in [3.63, 3.8) is 0 Å². The quantitative estimate of drug-likeness (QED) is 0.375. The van der Waals surface area contributed by atoms with E-state index in [4.69, 9.17) is 5.41 Å². The molecule has 0 spiro atoms. The highest BCUT2D eigenvalue weighted by molar-refractivity contribution is 5.78. The number of rotatable bonds is 2. The molecule has 1 rings (SSSR count). The maximum Gasteiger partial charge on any atom is 0.276 e. The van der Waals surface area contributed by atoms with E-state index in [1.807, 2.05) is 0 Å². The maximum atomic E-state index is 10.9. The number of aromatic nitrogens is 2. The van der Waals surface area contributed by atoms with Crippen LogP contribution >= 0.6 is 0 Å². The molecule has 0 atom stereocenters. The predicted molar refractivity (Wildman–Crippen MR) is 42.8 cm³/mol. The monoisotopic (exact) mass is 165 g/mol. The van der Waals surface area contributed by atoms with E-state index in [9.17, 15) is 9.59 Å². The molecule has 12 heavy (non-hydrogen) atoms. The van der Waals surface area contributed by atoms with Gasteiger partial charge in [0.05, 0.1) is 12.0 Å². The van der Waals surface area contributed by atoms with Gasteiger partial charge >= 0.3 is 0 Å². The van der Waals surface area contributed by atoms with Crippen molar-refractivity contribution < 1.29 is 4.79 Å². The highest BCUT2D eigenvalue weighted by Crippen LogP contribution is 1.95. The van der Waals surface area contributed by atoms with Crippen molar-refractivity contribution in [2.24, 2.45) is 0 Å². The third kappa shape index (κ3) is 1.16. The van der Waals surface area contributed by atoms with Crippen LogP contribution in [0.5, 0.6) is 0 Å². The molecule has 0 amide bonds. The Hall–Kier alpha value is -1.78. The number of carbonyl (C=O) groups excluding carboxylic acids is 1. The van der Waals surface area contributed by atoms with Gasteiger partial charge in [0.1, 0.15) is 6.33 Å². The normalized spacial score (nSPS) is 9.42. The molecule has 0 aliphatic rings. The number of nitrogens with zero attached hydrogens (tertiary/aromatic N) is 2. The fourth-order valence-corrected chi connectivity index (χ4v) is 0.829. The number of aldehydes is 1. The molecule has 0 saturated carbocycles. The first-order valence-electron chi connectivity index (χ1n) is 3.24. The Bertz CT molecular complexity index is 381. The van der Waals surface area contributed by atoms with Crippen molar-refractivity contribution in [2.45, 2.75) is 6.92 Å². The molecule has 5 nitrogen and oxygen atoms in total. The van der Waals surface area contributed by atoms with Crippen LogP contribution in [0.2, 0.25) is 0 Å². The van der Waals surface area contributed by atoms with Gasteiger partial charge in [0.25, 0.3) is 5.56 Å². The van der Waals surface area contributed by atoms with E-state index in [1.54, 1.807) is 0 Å². The van der Waals surface area contributed by atoms with Gasteiger partial charge in [-0.1, -0.05) is 0 Å². The smallest absolute Gasteiger partial charge is 0.276 e. The van der Waals surface area contributed by atoms with Gasteiger partial charge in [0, 0.05) is 5.56 Å². The molecule has 0 aliphatic heterocycles. The summed E-state index contributed by atoms with van der Waals surface area (Å²) in [6.45, 7) is 1.50. The average molecular weight is 165 g/mol. The van der Waals surface area contributed by atoms with Gasteiger partial charge in [0.15, 0.2) is 6.29 Å². The van der Waals surface area contributed by atoms with Crippen LogP contribution in [-0.4, -0.2) is 22.2 Å². The number of hydrogen-bond acceptors (Lipinski definition) is 4.